The van der Waals surface area contributed by atoms with Crippen LogP contribution >= 0.6 is 34.1 Å². The van der Waals surface area contributed by atoms with E-state index in [1.54, 1.807) is 6.07 Å². The number of hydrogen-bond donors (Lipinski definition) is 0. The first-order chi connectivity index (χ1) is 6.66. The van der Waals surface area contributed by atoms with E-state index in [1.165, 1.54) is 23.7 Å². The first-order valence-electron chi connectivity index (χ1n) is 3.92. The van der Waals surface area contributed by atoms with Gasteiger partial charge in [-0.05, 0) is 64.8 Å². The topological polar surface area (TPSA) is 25.8 Å². The third-order valence-corrected chi connectivity index (χ3v) is 3.17. The highest BCUT2D eigenvalue weighted by molar-refractivity contribution is 14.1. The van der Waals surface area contributed by atoms with Crippen LogP contribution in [-0.2, 0) is 0 Å². The molecule has 1 aromatic carbocycles. The number of halogens is 2. The average Bonchev–Trinajstić information content (AvgIpc) is 2.51. The highest BCUT2D eigenvalue weighted by atomic mass is 127. The SMILES string of the molecule is Cc1cc(F)ccc1-c1nsc(I)n1. The second-order valence-corrected chi connectivity index (χ2v) is 5.34. The number of aryl methyl sites for hydroxylation is 1. The second-order valence-electron chi connectivity index (χ2n) is 2.83. The van der Waals surface area contributed by atoms with Crippen molar-refractivity contribution in [3.05, 3.63) is 32.6 Å². The minimum atomic E-state index is -0.226. The first-order valence-corrected chi connectivity index (χ1v) is 5.78. The molecular weight excluding hydrogens is 314 g/mol. The fraction of sp³-hybridized carbons (Fsp3) is 0.111. The molecule has 5 heteroatoms. The standard InChI is InChI=1S/C9H6FIN2S/c1-5-4-6(10)2-3-7(5)8-12-9(11)14-13-8/h2-4H,1H3. The predicted octanol–water partition coefficient (Wildman–Crippen LogP) is 3.26. The molecule has 0 amide bonds. The third-order valence-electron chi connectivity index (χ3n) is 1.83. The Morgan fingerprint density at radius 2 is 2.21 bits per heavy atom. The van der Waals surface area contributed by atoms with Crippen LogP contribution in [-0.4, -0.2) is 9.36 Å². The van der Waals surface area contributed by atoms with E-state index in [0.717, 1.165) is 14.1 Å². The van der Waals surface area contributed by atoms with Crippen molar-refractivity contribution >= 4 is 34.1 Å². The average molecular weight is 320 g/mol. The van der Waals surface area contributed by atoms with E-state index in [2.05, 4.69) is 31.9 Å². The minimum absolute atomic E-state index is 0.226. The van der Waals surface area contributed by atoms with Crippen molar-refractivity contribution in [3.63, 3.8) is 0 Å². The molecule has 0 spiro atoms. The Morgan fingerprint density at radius 3 is 2.79 bits per heavy atom. The van der Waals surface area contributed by atoms with Gasteiger partial charge >= 0.3 is 0 Å². The van der Waals surface area contributed by atoms with Crippen molar-refractivity contribution in [3.8, 4) is 11.4 Å². The Kier molecular flexibility index (Phi) is 2.78. The zero-order valence-electron chi connectivity index (χ0n) is 7.29. The molecule has 0 unspecified atom stereocenters. The molecule has 1 aromatic heterocycles. The first kappa shape index (κ1) is 9.97. The van der Waals surface area contributed by atoms with Crippen molar-refractivity contribution < 1.29 is 4.39 Å². The summed E-state index contributed by atoms with van der Waals surface area (Å²) in [6, 6.07) is 4.63. The number of rotatable bonds is 1. The highest BCUT2D eigenvalue weighted by Crippen LogP contribution is 2.23. The van der Waals surface area contributed by atoms with Crippen LogP contribution in [0.3, 0.4) is 0 Å². The molecule has 0 radical (unpaired) electrons. The van der Waals surface area contributed by atoms with Gasteiger partial charge in [0.15, 0.2) is 8.84 Å². The zero-order valence-corrected chi connectivity index (χ0v) is 10.3. The van der Waals surface area contributed by atoms with Gasteiger partial charge in [0.2, 0.25) is 0 Å². The maximum absolute atomic E-state index is 12.8. The fourth-order valence-corrected chi connectivity index (χ4v) is 2.14. The summed E-state index contributed by atoms with van der Waals surface area (Å²) >= 11 is 3.46. The maximum Gasteiger partial charge on any atom is 0.174 e. The molecule has 0 saturated carbocycles. The van der Waals surface area contributed by atoms with Crippen LogP contribution in [0.15, 0.2) is 18.2 Å². The molecule has 72 valence electrons. The summed E-state index contributed by atoms with van der Waals surface area (Å²) in [4.78, 5) is 4.24. The van der Waals surface area contributed by atoms with Crippen LogP contribution in [0.1, 0.15) is 5.56 Å². The Balaban J connectivity index is 2.52. The largest absolute Gasteiger partial charge is 0.209 e. The molecule has 0 N–H and O–H groups in total. The van der Waals surface area contributed by atoms with Crippen LogP contribution in [0.25, 0.3) is 11.4 Å². The fourth-order valence-electron chi connectivity index (χ4n) is 1.19. The van der Waals surface area contributed by atoms with Gasteiger partial charge in [-0.2, -0.15) is 4.37 Å². The van der Waals surface area contributed by atoms with Crippen molar-refractivity contribution in [1.29, 1.82) is 0 Å². The number of hydrogen-bond acceptors (Lipinski definition) is 3. The van der Waals surface area contributed by atoms with Gasteiger partial charge in [0.25, 0.3) is 0 Å². The summed E-state index contributed by atoms with van der Waals surface area (Å²) in [7, 11) is 0. The molecule has 0 aliphatic rings. The molecule has 14 heavy (non-hydrogen) atoms. The summed E-state index contributed by atoms with van der Waals surface area (Å²) in [5.74, 6) is 0.452. The molecule has 2 aromatic rings. The Morgan fingerprint density at radius 1 is 1.43 bits per heavy atom. The van der Waals surface area contributed by atoms with Crippen LogP contribution in [0.4, 0.5) is 4.39 Å². The van der Waals surface area contributed by atoms with E-state index in [0.29, 0.717) is 5.82 Å². The van der Waals surface area contributed by atoms with E-state index in [1.807, 2.05) is 6.92 Å². The van der Waals surface area contributed by atoms with Gasteiger partial charge < -0.3 is 0 Å². The molecule has 0 aliphatic carbocycles. The molecule has 0 atom stereocenters. The van der Waals surface area contributed by atoms with Crippen LogP contribution in [0.2, 0.25) is 0 Å². The Labute approximate surface area is 98.5 Å². The minimum Gasteiger partial charge on any atom is -0.209 e. The van der Waals surface area contributed by atoms with Crippen LogP contribution in [0.5, 0.6) is 0 Å². The summed E-state index contributed by atoms with van der Waals surface area (Å²) < 4.78 is 17.9. The molecule has 0 fully saturated rings. The summed E-state index contributed by atoms with van der Waals surface area (Å²) in [6.45, 7) is 1.85. The Hall–Kier alpha value is -0.560. The van der Waals surface area contributed by atoms with E-state index in [9.17, 15) is 4.39 Å². The number of benzene rings is 1. The van der Waals surface area contributed by atoms with Gasteiger partial charge in [-0.15, -0.1) is 0 Å². The molecule has 0 saturated heterocycles. The molecule has 2 nitrogen and oxygen atoms in total. The van der Waals surface area contributed by atoms with Crippen molar-refractivity contribution in [1.82, 2.24) is 9.36 Å². The van der Waals surface area contributed by atoms with Gasteiger partial charge in [0.05, 0.1) is 0 Å². The molecular formula is C9H6FIN2S. The van der Waals surface area contributed by atoms with Crippen LogP contribution < -0.4 is 0 Å². The van der Waals surface area contributed by atoms with Crippen LogP contribution in [0, 0.1) is 15.8 Å². The van der Waals surface area contributed by atoms with Gasteiger partial charge in [-0.1, -0.05) is 0 Å². The van der Waals surface area contributed by atoms with Gasteiger partial charge in [0, 0.05) is 5.56 Å². The van der Waals surface area contributed by atoms with Gasteiger partial charge in [-0.25, -0.2) is 9.37 Å². The smallest absolute Gasteiger partial charge is 0.174 e. The van der Waals surface area contributed by atoms with E-state index >= 15 is 0 Å². The monoisotopic (exact) mass is 320 g/mol. The van der Waals surface area contributed by atoms with E-state index < -0.39 is 0 Å². The normalized spacial score (nSPS) is 10.5. The van der Waals surface area contributed by atoms with Crippen molar-refractivity contribution in [2.45, 2.75) is 6.92 Å². The van der Waals surface area contributed by atoms with Crippen molar-refractivity contribution in [2.75, 3.05) is 0 Å². The summed E-state index contributed by atoms with van der Waals surface area (Å²) in [5, 5.41) is 0. The summed E-state index contributed by atoms with van der Waals surface area (Å²) in [6.07, 6.45) is 0. The molecule has 0 aliphatic heterocycles. The predicted molar refractivity (Wildman–Crippen MR) is 62.8 cm³/mol. The molecule has 2 rings (SSSR count). The second kappa shape index (κ2) is 3.90. The lowest BCUT2D eigenvalue weighted by Gasteiger charge is -2.00. The lowest BCUT2D eigenvalue weighted by atomic mass is 10.1. The van der Waals surface area contributed by atoms with Gasteiger partial charge in [0.1, 0.15) is 5.82 Å². The lowest BCUT2D eigenvalue weighted by Crippen LogP contribution is -1.86. The van der Waals surface area contributed by atoms with E-state index in [4.69, 9.17) is 0 Å². The lowest BCUT2D eigenvalue weighted by molar-refractivity contribution is 0.627. The summed E-state index contributed by atoms with van der Waals surface area (Å²) in [5.41, 5.74) is 1.75. The molecule has 1 heterocycles. The quantitative estimate of drug-likeness (QED) is 0.754. The maximum atomic E-state index is 12.8. The Bertz CT molecular complexity index is 470. The zero-order chi connectivity index (χ0) is 10.1. The van der Waals surface area contributed by atoms with E-state index in [-0.39, 0.29) is 5.82 Å². The highest BCUT2D eigenvalue weighted by Gasteiger charge is 2.07. The molecule has 0 bridgehead atoms. The number of nitrogens with zero attached hydrogens (tertiary/aromatic N) is 2. The van der Waals surface area contributed by atoms with Gasteiger partial charge in [-0.3, -0.25) is 0 Å². The number of aromatic nitrogens is 2. The van der Waals surface area contributed by atoms with Crippen molar-refractivity contribution in [2.24, 2.45) is 0 Å². The third kappa shape index (κ3) is 1.93.